The van der Waals surface area contributed by atoms with Crippen molar-refractivity contribution in [3.63, 3.8) is 0 Å². The average molecular weight is 250 g/mol. The maximum Gasteiger partial charge on any atom is 0.272 e. The van der Waals surface area contributed by atoms with Crippen LogP contribution in [0.15, 0.2) is 18.2 Å². The van der Waals surface area contributed by atoms with Gasteiger partial charge in [-0.15, -0.1) is 0 Å². The molecule has 1 aromatic rings. The second-order valence-electron chi connectivity index (χ2n) is 4.86. The van der Waals surface area contributed by atoms with Gasteiger partial charge in [-0.3, -0.25) is 10.1 Å². The molecule has 1 aliphatic heterocycles. The highest BCUT2D eigenvalue weighted by molar-refractivity contribution is 5.55. The van der Waals surface area contributed by atoms with Gasteiger partial charge in [0.05, 0.1) is 4.92 Å². The number of piperidine rings is 1. The summed E-state index contributed by atoms with van der Waals surface area (Å²) < 4.78 is 0. The number of anilines is 1. The topological polar surface area (TPSA) is 66.6 Å². The highest BCUT2D eigenvalue weighted by atomic mass is 16.6. The summed E-state index contributed by atoms with van der Waals surface area (Å²) >= 11 is 0. The maximum atomic E-state index is 10.8. The van der Waals surface area contributed by atoms with Gasteiger partial charge in [0, 0.05) is 37.0 Å². The summed E-state index contributed by atoms with van der Waals surface area (Å²) in [4.78, 5) is 12.6. The maximum absolute atomic E-state index is 10.8. The Morgan fingerprint density at radius 2 is 2.33 bits per heavy atom. The first-order chi connectivity index (χ1) is 8.61. The van der Waals surface area contributed by atoms with E-state index in [2.05, 4.69) is 4.90 Å². The third-order valence-electron chi connectivity index (χ3n) is 3.52. The lowest BCUT2D eigenvalue weighted by Crippen LogP contribution is -2.36. The van der Waals surface area contributed by atoms with Gasteiger partial charge in [0.1, 0.15) is 0 Å². The summed E-state index contributed by atoms with van der Waals surface area (Å²) in [5.41, 5.74) is 1.86. The molecule has 1 N–H and O–H groups in total. The number of hydrogen-bond acceptors (Lipinski definition) is 4. The molecule has 0 radical (unpaired) electrons. The Balaban J connectivity index is 2.18. The van der Waals surface area contributed by atoms with Crippen molar-refractivity contribution in [3.8, 4) is 0 Å². The molecular formula is C13H18N2O3. The predicted molar refractivity (Wildman–Crippen MR) is 69.9 cm³/mol. The number of rotatable bonds is 3. The Hall–Kier alpha value is -1.62. The Morgan fingerprint density at radius 1 is 1.56 bits per heavy atom. The summed E-state index contributed by atoms with van der Waals surface area (Å²) in [6, 6.07) is 5.22. The number of aliphatic hydroxyl groups excluding tert-OH is 1. The van der Waals surface area contributed by atoms with Gasteiger partial charge in [-0.1, -0.05) is 0 Å². The van der Waals surface area contributed by atoms with Crippen LogP contribution in [0, 0.1) is 23.0 Å². The second kappa shape index (κ2) is 5.35. The van der Waals surface area contributed by atoms with E-state index in [1.165, 1.54) is 0 Å². The quantitative estimate of drug-likeness (QED) is 0.659. The van der Waals surface area contributed by atoms with Crippen molar-refractivity contribution in [2.45, 2.75) is 19.8 Å². The van der Waals surface area contributed by atoms with Gasteiger partial charge in [0.15, 0.2) is 0 Å². The van der Waals surface area contributed by atoms with Gasteiger partial charge in [-0.2, -0.15) is 0 Å². The molecule has 1 atom stereocenters. The molecule has 5 nitrogen and oxygen atoms in total. The van der Waals surface area contributed by atoms with Crippen molar-refractivity contribution in [1.82, 2.24) is 0 Å². The number of hydrogen-bond donors (Lipinski definition) is 1. The Morgan fingerprint density at radius 3 is 2.94 bits per heavy atom. The molecule has 1 heterocycles. The molecule has 1 unspecified atom stereocenters. The van der Waals surface area contributed by atoms with E-state index in [1.807, 2.05) is 6.07 Å². The van der Waals surface area contributed by atoms with Crippen LogP contribution in [0.4, 0.5) is 11.4 Å². The summed E-state index contributed by atoms with van der Waals surface area (Å²) in [7, 11) is 0. The molecule has 0 aromatic heterocycles. The van der Waals surface area contributed by atoms with Gasteiger partial charge < -0.3 is 10.0 Å². The Kier molecular flexibility index (Phi) is 3.81. The number of benzene rings is 1. The summed E-state index contributed by atoms with van der Waals surface area (Å²) in [5, 5.41) is 20.0. The lowest BCUT2D eigenvalue weighted by atomic mass is 9.98. The van der Waals surface area contributed by atoms with Crippen LogP contribution in [0.1, 0.15) is 18.4 Å². The first-order valence-electron chi connectivity index (χ1n) is 6.22. The fourth-order valence-electron chi connectivity index (χ4n) is 2.49. The largest absolute Gasteiger partial charge is 0.396 e. The predicted octanol–water partition coefficient (Wildman–Crippen LogP) is 2.11. The highest BCUT2D eigenvalue weighted by Crippen LogP contribution is 2.27. The zero-order valence-electron chi connectivity index (χ0n) is 10.5. The minimum Gasteiger partial charge on any atom is -0.396 e. The van der Waals surface area contributed by atoms with E-state index >= 15 is 0 Å². The van der Waals surface area contributed by atoms with Gasteiger partial charge in [-0.25, -0.2) is 0 Å². The second-order valence-corrected chi connectivity index (χ2v) is 4.86. The zero-order valence-corrected chi connectivity index (χ0v) is 10.5. The molecule has 1 aliphatic rings. The Labute approximate surface area is 106 Å². The van der Waals surface area contributed by atoms with Crippen LogP contribution >= 0.6 is 0 Å². The molecule has 0 amide bonds. The fraction of sp³-hybridized carbons (Fsp3) is 0.538. The van der Waals surface area contributed by atoms with Crippen molar-refractivity contribution in [1.29, 1.82) is 0 Å². The molecule has 5 heteroatoms. The standard InChI is InChI=1S/C13H18N2O3/c1-10-7-12(4-5-13(10)15(17)18)14-6-2-3-11(8-14)9-16/h4-5,7,11,16H,2-3,6,8-9H2,1H3. The van der Waals surface area contributed by atoms with E-state index in [4.69, 9.17) is 0 Å². The minimum atomic E-state index is -0.355. The molecule has 1 fully saturated rings. The Bertz CT molecular complexity index is 448. The lowest BCUT2D eigenvalue weighted by molar-refractivity contribution is -0.385. The molecule has 98 valence electrons. The summed E-state index contributed by atoms with van der Waals surface area (Å²) in [6.45, 7) is 3.75. The number of nitro groups is 1. The van der Waals surface area contributed by atoms with Crippen molar-refractivity contribution >= 4 is 11.4 Å². The first kappa shape index (κ1) is 12.8. The summed E-state index contributed by atoms with van der Waals surface area (Å²) in [5.74, 6) is 0.314. The molecule has 0 aliphatic carbocycles. The van der Waals surface area contributed by atoms with Crippen molar-refractivity contribution in [3.05, 3.63) is 33.9 Å². The lowest BCUT2D eigenvalue weighted by Gasteiger charge is -2.33. The van der Waals surface area contributed by atoms with Crippen LogP contribution < -0.4 is 4.90 Å². The van der Waals surface area contributed by atoms with Gasteiger partial charge in [0.2, 0.25) is 0 Å². The van der Waals surface area contributed by atoms with Gasteiger partial charge >= 0.3 is 0 Å². The molecule has 1 saturated heterocycles. The van der Waals surface area contributed by atoms with Crippen LogP contribution in [0.5, 0.6) is 0 Å². The van der Waals surface area contributed by atoms with Crippen LogP contribution in [0.25, 0.3) is 0 Å². The van der Waals surface area contributed by atoms with Crippen molar-refractivity contribution in [2.75, 3.05) is 24.6 Å². The SMILES string of the molecule is Cc1cc(N2CCCC(CO)C2)ccc1[N+](=O)[O-]. The highest BCUT2D eigenvalue weighted by Gasteiger charge is 2.20. The molecule has 0 spiro atoms. The summed E-state index contributed by atoms with van der Waals surface area (Å²) in [6.07, 6.45) is 2.11. The van der Waals surface area contributed by atoms with Crippen molar-refractivity contribution < 1.29 is 10.0 Å². The van der Waals surface area contributed by atoms with E-state index in [-0.39, 0.29) is 17.2 Å². The average Bonchev–Trinajstić information content (AvgIpc) is 2.38. The van der Waals surface area contributed by atoms with Crippen LogP contribution in [0.2, 0.25) is 0 Å². The number of aliphatic hydroxyl groups is 1. The molecule has 2 rings (SSSR count). The minimum absolute atomic E-state index is 0.162. The van der Waals surface area contributed by atoms with Crippen LogP contribution in [0.3, 0.4) is 0 Å². The van der Waals surface area contributed by atoms with Gasteiger partial charge in [-0.05, 0) is 37.8 Å². The molecular weight excluding hydrogens is 232 g/mol. The van der Waals surface area contributed by atoms with E-state index < -0.39 is 0 Å². The third-order valence-corrected chi connectivity index (χ3v) is 3.52. The molecule has 18 heavy (non-hydrogen) atoms. The normalized spacial score (nSPS) is 19.9. The van der Waals surface area contributed by atoms with E-state index in [1.54, 1.807) is 19.1 Å². The van der Waals surface area contributed by atoms with Crippen LogP contribution in [-0.2, 0) is 0 Å². The van der Waals surface area contributed by atoms with E-state index in [0.29, 0.717) is 11.5 Å². The fourth-order valence-corrected chi connectivity index (χ4v) is 2.49. The third kappa shape index (κ3) is 2.61. The monoisotopic (exact) mass is 250 g/mol. The number of aryl methyl sites for hydroxylation is 1. The van der Waals surface area contributed by atoms with Crippen molar-refractivity contribution in [2.24, 2.45) is 5.92 Å². The number of nitrogens with zero attached hydrogens (tertiary/aromatic N) is 2. The molecule has 1 aromatic carbocycles. The molecule has 0 bridgehead atoms. The van der Waals surface area contributed by atoms with E-state index in [0.717, 1.165) is 31.6 Å². The smallest absolute Gasteiger partial charge is 0.272 e. The zero-order chi connectivity index (χ0) is 13.1. The van der Waals surface area contributed by atoms with E-state index in [9.17, 15) is 15.2 Å². The van der Waals surface area contributed by atoms with Gasteiger partial charge in [0.25, 0.3) is 5.69 Å². The molecule has 0 saturated carbocycles. The van der Waals surface area contributed by atoms with Crippen LogP contribution in [-0.4, -0.2) is 29.7 Å². The number of nitro benzene ring substituents is 1. The first-order valence-corrected chi connectivity index (χ1v) is 6.22.